The summed E-state index contributed by atoms with van der Waals surface area (Å²) in [5.74, 6) is 0.391. The van der Waals surface area contributed by atoms with Gasteiger partial charge in [-0.25, -0.2) is 9.97 Å². The van der Waals surface area contributed by atoms with E-state index in [2.05, 4.69) is 22.2 Å². The minimum absolute atomic E-state index is 0.0639. The van der Waals surface area contributed by atoms with Gasteiger partial charge in [-0.2, -0.15) is 0 Å². The number of amides is 2. The van der Waals surface area contributed by atoms with Crippen molar-refractivity contribution in [3.63, 3.8) is 0 Å². The Kier molecular flexibility index (Phi) is 6.12. The van der Waals surface area contributed by atoms with Crippen molar-refractivity contribution < 1.29 is 9.59 Å². The van der Waals surface area contributed by atoms with Crippen LogP contribution in [0.5, 0.6) is 0 Å². The first kappa shape index (κ1) is 16.2. The Morgan fingerprint density at radius 1 is 1.18 bits per heavy atom. The highest BCUT2D eigenvalue weighted by molar-refractivity contribution is 5.96. The number of carbonyl (C=O) groups excluding carboxylic acids is 2. The molecule has 1 fully saturated rings. The van der Waals surface area contributed by atoms with Crippen LogP contribution in [0.3, 0.4) is 0 Å². The van der Waals surface area contributed by atoms with Crippen molar-refractivity contribution in [2.24, 2.45) is 0 Å². The minimum atomic E-state index is -0.188. The Labute approximate surface area is 130 Å². The zero-order valence-electron chi connectivity index (χ0n) is 13.0. The standard InChI is InChI=1S/C15H23N5O2/c1-2-3-5-16-13(21)12-14(22)19-8-10-20(11-9-19)15-17-6-4-7-18-15/h4,6-7H,2-3,5,8-12H2,1H3,(H,16,21). The van der Waals surface area contributed by atoms with Crippen LogP contribution in [0.1, 0.15) is 26.2 Å². The van der Waals surface area contributed by atoms with E-state index in [9.17, 15) is 9.59 Å². The van der Waals surface area contributed by atoms with E-state index in [1.807, 2.05) is 4.90 Å². The molecule has 1 aliphatic rings. The van der Waals surface area contributed by atoms with Crippen molar-refractivity contribution in [2.45, 2.75) is 26.2 Å². The molecule has 0 unspecified atom stereocenters. The van der Waals surface area contributed by atoms with Gasteiger partial charge in [-0.05, 0) is 12.5 Å². The van der Waals surface area contributed by atoms with Gasteiger partial charge in [0, 0.05) is 45.1 Å². The van der Waals surface area contributed by atoms with Crippen molar-refractivity contribution in [1.82, 2.24) is 20.2 Å². The Balaban J connectivity index is 1.74. The van der Waals surface area contributed by atoms with Crippen LogP contribution in [0, 0.1) is 0 Å². The van der Waals surface area contributed by atoms with Gasteiger partial charge in [0.1, 0.15) is 6.42 Å². The van der Waals surface area contributed by atoms with Crippen LogP contribution in [0.15, 0.2) is 18.5 Å². The molecule has 0 aromatic carbocycles. The number of rotatable bonds is 6. The van der Waals surface area contributed by atoms with Crippen LogP contribution in [0.4, 0.5) is 5.95 Å². The van der Waals surface area contributed by atoms with Gasteiger partial charge in [0.2, 0.25) is 17.8 Å². The third-order valence-electron chi connectivity index (χ3n) is 3.63. The van der Waals surface area contributed by atoms with Crippen molar-refractivity contribution in [3.05, 3.63) is 18.5 Å². The molecule has 1 aliphatic heterocycles. The molecule has 0 atom stereocenters. The first-order valence-electron chi connectivity index (χ1n) is 7.77. The first-order chi connectivity index (χ1) is 10.7. The number of aromatic nitrogens is 2. The Bertz CT molecular complexity index is 486. The van der Waals surface area contributed by atoms with E-state index in [0.29, 0.717) is 38.7 Å². The molecule has 120 valence electrons. The molecule has 1 aromatic rings. The minimum Gasteiger partial charge on any atom is -0.356 e. The normalized spacial score (nSPS) is 14.8. The van der Waals surface area contributed by atoms with Crippen LogP contribution in [-0.2, 0) is 9.59 Å². The van der Waals surface area contributed by atoms with Gasteiger partial charge < -0.3 is 15.1 Å². The Morgan fingerprint density at radius 2 is 1.86 bits per heavy atom. The number of nitrogens with zero attached hydrogens (tertiary/aromatic N) is 4. The molecule has 7 nitrogen and oxygen atoms in total. The fourth-order valence-electron chi connectivity index (χ4n) is 2.33. The summed E-state index contributed by atoms with van der Waals surface area (Å²) >= 11 is 0. The third kappa shape index (κ3) is 4.68. The summed E-state index contributed by atoms with van der Waals surface area (Å²) in [4.78, 5) is 36.0. The second kappa shape index (κ2) is 8.31. The lowest BCUT2D eigenvalue weighted by atomic mass is 10.2. The Hall–Kier alpha value is -2.18. The van der Waals surface area contributed by atoms with Gasteiger partial charge in [0.15, 0.2) is 0 Å². The zero-order chi connectivity index (χ0) is 15.8. The smallest absolute Gasteiger partial charge is 0.232 e. The molecule has 2 rings (SSSR count). The van der Waals surface area contributed by atoms with Gasteiger partial charge in [-0.1, -0.05) is 13.3 Å². The van der Waals surface area contributed by atoms with Crippen LogP contribution in [0.2, 0.25) is 0 Å². The lowest BCUT2D eigenvalue weighted by Gasteiger charge is -2.34. The summed E-state index contributed by atoms with van der Waals surface area (Å²) in [5, 5.41) is 2.77. The maximum atomic E-state index is 12.1. The predicted molar refractivity (Wildman–Crippen MR) is 83.4 cm³/mol. The molecule has 0 bridgehead atoms. The molecule has 2 amide bonds. The highest BCUT2D eigenvalue weighted by Gasteiger charge is 2.23. The molecular weight excluding hydrogens is 282 g/mol. The summed E-state index contributed by atoms with van der Waals surface area (Å²) in [6, 6.07) is 1.78. The lowest BCUT2D eigenvalue weighted by Crippen LogP contribution is -2.50. The number of carbonyl (C=O) groups is 2. The molecule has 0 radical (unpaired) electrons. The van der Waals surface area contributed by atoms with E-state index >= 15 is 0 Å². The predicted octanol–water partition coefficient (Wildman–Crippen LogP) is 0.432. The van der Waals surface area contributed by atoms with Gasteiger partial charge in [-0.15, -0.1) is 0 Å². The average Bonchev–Trinajstić information content (AvgIpc) is 2.56. The zero-order valence-corrected chi connectivity index (χ0v) is 13.0. The summed E-state index contributed by atoms with van der Waals surface area (Å²) < 4.78 is 0. The van der Waals surface area contributed by atoms with Crippen molar-refractivity contribution in [2.75, 3.05) is 37.6 Å². The second-order valence-electron chi connectivity index (χ2n) is 5.30. The number of hydrogen-bond acceptors (Lipinski definition) is 5. The van der Waals surface area contributed by atoms with Gasteiger partial charge in [-0.3, -0.25) is 9.59 Å². The van der Waals surface area contributed by atoms with E-state index in [4.69, 9.17) is 0 Å². The highest BCUT2D eigenvalue weighted by Crippen LogP contribution is 2.10. The quantitative estimate of drug-likeness (QED) is 0.609. The van der Waals surface area contributed by atoms with Gasteiger partial charge in [0.05, 0.1) is 0 Å². The molecular formula is C15H23N5O2. The van der Waals surface area contributed by atoms with Crippen molar-refractivity contribution in [1.29, 1.82) is 0 Å². The van der Waals surface area contributed by atoms with Crippen LogP contribution in [0.25, 0.3) is 0 Å². The van der Waals surface area contributed by atoms with Crippen LogP contribution >= 0.6 is 0 Å². The monoisotopic (exact) mass is 305 g/mol. The van der Waals surface area contributed by atoms with Crippen LogP contribution < -0.4 is 10.2 Å². The highest BCUT2D eigenvalue weighted by atomic mass is 16.2. The molecule has 7 heteroatoms. The average molecular weight is 305 g/mol. The topological polar surface area (TPSA) is 78.4 Å². The number of unbranched alkanes of at least 4 members (excludes halogenated alkanes) is 1. The van der Waals surface area contributed by atoms with E-state index in [-0.39, 0.29) is 18.2 Å². The number of anilines is 1. The largest absolute Gasteiger partial charge is 0.356 e. The first-order valence-corrected chi connectivity index (χ1v) is 7.77. The van der Waals surface area contributed by atoms with E-state index in [0.717, 1.165) is 12.8 Å². The number of piperazine rings is 1. The summed E-state index contributed by atoms with van der Waals surface area (Å²) in [6.45, 7) is 5.27. The maximum Gasteiger partial charge on any atom is 0.232 e. The lowest BCUT2D eigenvalue weighted by molar-refractivity contribution is -0.136. The van der Waals surface area contributed by atoms with E-state index < -0.39 is 0 Å². The van der Waals surface area contributed by atoms with Gasteiger partial charge >= 0.3 is 0 Å². The Morgan fingerprint density at radius 3 is 2.50 bits per heavy atom. The van der Waals surface area contributed by atoms with E-state index in [1.54, 1.807) is 23.4 Å². The second-order valence-corrected chi connectivity index (χ2v) is 5.30. The molecule has 0 saturated carbocycles. The van der Waals surface area contributed by atoms with Gasteiger partial charge in [0.25, 0.3) is 0 Å². The third-order valence-corrected chi connectivity index (χ3v) is 3.63. The molecule has 22 heavy (non-hydrogen) atoms. The summed E-state index contributed by atoms with van der Waals surface area (Å²) in [6.07, 6.45) is 5.32. The number of hydrogen-bond donors (Lipinski definition) is 1. The summed E-state index contributed by atoms with van der Waals surface area (Å²) in [5.41, 5.74) is 0. The summed E-state index contributed by atoms with van der Waals surface area (Å²) in [7, 11) is 0. The molecule has 0 spiro atoms. The van der Waals surface area contributed by atoms with E-state index in [1.165, 1.54) is 0 Å². The van der Waals surface area contributed by atoms with Crippen molar-refractivity contribution >= 4 is 17.8 Å². The number of nitrogens with one attached hydrogen (secondary N) is 1. The molecule has 1 N–H and O–H groups in total. The molecule has 2 heterocycles. The molecule has 1 aromatic heterocycles. The maximum absolute atomic E-state index is 12.1. The molecule has 0 aliphatic carbocycles. The molecule has 1 saturated heterocycles. The fraction of sp³-hybridized carbons (Fsp3) is 0.600. The van der Waals surface area contributed by atoms with Crippen molar-refractivity contribution in [3.8, 4) is 0 Å². The SMILES string of the molecule is CCCCNC(=O)CC(=O)N1CCN(c2ncccn2)CC1. The fourth-order valence-corrected chi connectivity index (χ4v) is 2.33. The van der Waals surface area contributed by atoms with Crippen LogP contribution in [-0.4, -0.2) is 59.4 Å².